The topological polar surface area (TPSA) is 80.0 Å². The van der Waals surface area contributed by atoms with Crippen LogP contribution in [0, 0.1) is 19.7 Å². The zero-order valence-electron chi connectivity index (χ0n) is 16.2. The van der Waals surface area contributed by atoms with Gasteiger partial charge in [0.25, 0.3) is 0 Å². The van der Waals surface area contributed by atoms with Gasteiger partial charge < -0.3 is 15.0 Å². The van der Waals surface area contributed by atoms with Crippen molar-refractivity contribution in [3.8, 4) is 10.6 Å². The first-order chi connectivity index (χ1) is 14.3. The predicted octanol–water partition coefficient (Wildman–Crippen LogP) is 5.38. The first-order valence-corrected chi connectivity index (χ1v) is 10.4. The van der Waals surface area contributed by atoms with E-state index in [0.717, 1.165) is 33.5 Å². The van der Waals surface area contributed by atoms with Gasteiger partial charge >= 0.3 is 5.97 Å². The van der Waals surface area contributed by atoms with Crippen LogP contribution in [0.2, 0.25) is 5.02 Å². The van der Waals surface area contributed by atoms with Crippen LogP contribution in [0.5, 0.6) is 0 Å². The van der Waals surface area contributed by atoms with Crippen molar-refractivity contribution in [3.05, 3.63) is 63.6 Å². The van der Waals surface area contributed by atoms with Crippen molar-refractivity contribution in [2.45, 2.75) is 20.4 Å². The largest absolute Gasteiger partial charge is 0.477 e. The van der Waals surface area contributed by atoms with E-state index in [9.17, 15) is 14.3 Å². The van der Waals surface area contributed by atoms with Crippen LogP contribution in [0.3, 0.4) is 0 Å². The number of halogens is 2. The molecule has 154 valence electrons. The molecule has 0 bridgehead atoms. The second-order valence-corrected chi connectivity index (χ2v) is 8.36. The second kappa shape index (κ2) is 8.04. The Morgan fingerprint density at radius 1 is 1.23 bits per heavy atom. The minimum atomic E-state index is -1.07. The van der Waals surface area contributed by atoms with E-state index in [1.54, 1.807) is 24.3 Å². The van der Waals surface area contributed by atoms with Crippen molar-refractivity contribution in [2.24, 2.45) is 0 Å². The number of fused-ring (bicyclic) bond motifs is 1. The Balaban J connectivity index is 1.51. The Kier molecular flexibility index (Phi) is 5.44. The number of carbonyl (C=O) groups is 1. The number of nitrogens with zero attached hydrogens (tertiary/aromatic N) is 3. The Labute approximate surface area is 181 Å². The summed E-state index contributed by atoms with van der Waals surface area (Å²) in [5.74, 6) is -0.703. The normalized spacial score (nSPS) is 11.2. The number of thiophene rings is 1. The van der Waals surface area contributed by atoms with Gasteiger partial charge in [0, 0.05) is 30.2 Å². The van der Waals surface area contributed by atoms with Gasteiger partial charge in [-0.1, -0.05) is 11.6 Å². The zero-order chi connectivity index (χ0) is 21.4. The number of hydrogen-bond donors (Lipinski definition) is 2. The third-order valence-corrected chi connectivity index (χ3v) is 6.40. The molecule has 0 aliphatic heterocycles. The van der Waals surface area contributed by atoms with Crippen LogP contribution >= 0.6 is 22.9 Å². The smallest absolute Gasteiger partial charge is 0.347 e. The third-order valence-electron chi connectivity index (χ3n) is 4.84. The molecule has 0 atom stereocenters. The van der Waals surface area contributed by atoms with E-state index >= 15 is 0 Å². The standard InChI is InChI=1S/C21H18ClFN4O2S/c1-11-5-13(23)7-17-14(11)6-12(2)27(17)4-3-24-19-9-16(25-10-26-19)18-8-15(22)20(30-18)21(28)29/h5-10H,3-4H2,1-2H3,(H,28,29)(H,24,25,26). The molecule has 4 rings (SSSR count). The molecule has 9 heteroatoms. The number of nitrogens with one attached hydrogen (secondary N) is 1. The number of rotatable bonds is 6. The molecule has 2 N–H and O–H groups in total. The maximum Gasteiger partial charge on any atom is 0.347 e. The third kappa shape index (κ3) is 3.88. The van der Waals surface area contributed by atoms with E-state index in [1.807, 2.05) is 13.8 Å². The van der Waals surface area contributed by atoms with E-state index in [-0.39, 0.29) is 15.7 Å². The maximum atomic E-state index is 13.9. The van der Waals surface area contributed by atoms with Crippen LogP contribution in [-0.2, 0) is 6.54 Å². The number of hydrogen-bond acceptors (Lipinski definition) is 5. The zero-order valence-corrected chi connectivity index (χ0v) is 17.8. The molecule has 0 amide bonds. The molecular weight excluding hydrogens is 427 g/mol. The molecule has 0 unspecified atom stereocenters. The fraction of sp³-hybridized carbons (Fsp3) is 0.190. The van der Waals surface area contributed by atoms with Gasteiger partial charge in [0.05, 0.1) is 21.1 Å². The van der Waals surface area contributed by atoms with Gasteiger partial charge in [-0.15, -0.1) is 11.3 Å². The molecular formula is C21H18ClFN4O2S. The van der Waals surface area contributed by atoms with Gasteiger partial charge in [0.2, 0.25) is 0 Å². The molecule has 30 heavy (non-hydrogen) atoms. The molecule has 0 fully saturated rings. The highest BCUT2D eigenvalue weighted by Crippen LogP contribution is 2.34. The maximum absolute atomic E-state index is 13.9. The Morgan fingerprint density at radius 2 is 2.03 bits per heavy atom. The number of aryl methyl sites for hydroxylation is 2. The van der Waals surface area contributed by atoms with Gasteiger partial charge in [0.1, 0.15) is 22.8 Å². The van der Waals surface area contributed by atoms with Gasteiger partial charge in [-0.3, -0.25) is 0 Å². The summed E-state index contributed by atoms with van der Waals surface area (Å²) in [7, 11) is 0. The fourth-order valence-corrected chi connectivity index (χ4v) is 4.67. The van der Waals surface area contributed by atoms with Crippen LogP contribution in [0.25, 0.3) is 21.5 Å². The second-order valence-electron chi connectivity index (χ2n) is 6.90. The predicted molar refractivity (Wildman–Crippen MR) is 117 cm³/mol. The van der Waals surface area contributed by atoms with Gasteiger partial charge in [-0.2, -0.15) is 0 Å². The van der Waals surface area contributed by atoms with Gasteiger partial charge in [0.15, 0.2) is 0 Å². The number of carboxylic acid groups (broad SMARTS) is 1. The Bertz CT molecular complexity index is 1270. The number of carboxylic acids is 1. The van der Waals surface area contributed by atoms with Crippen molar-refractivity contribution >= 4 is 45.6 Å². The lowest BCUT2D eigenvalue weighted by Crippen LogP contribution is -2.12. The summed E-state index contributed by atoms with van der Waals surface area (Å²) in [4.78, 5) is 20.4. The number of anilines is 1. The van der Waals surface area contributed by atoms with Gasteiger partial charge in [-0.05, 0) is 43.7 Å². The van der Waals surface area contributed by atoms with Crippen LogP contribution in [0.4, 0.5) is 10.2 Å². The Morgan fingerprint density at radius 3 is 2.77 bits per heavy atom. The molecule has 0 saturated carbocycles. The summed E-state index contributed by atoms with van der Waals surface area (Å²) >= 11 is 7.06. The van der Waals surface area contributed by atoms with Crippen LogP contribution in [0.1, 0.15) is 20.9 Å². The highest BCUT2D eigenvalue weighted by atomic mass is 35.5. The van der Waals surface area contributed by atoms with E-state index in [2.05, 4.69) is 25.9 Å². The molecule has 0 spiro atoms. The van der Waals surface area contributed by atoms with E-state index < -0.39 is 5.97 Å². The van der Waals surface area contributed by atoms with Crippen LogP contribution in [-0.4, -0.2) is 32.2 Å². The summed E-state index contributed by atoms with van der Waals surface area (Å²) in [6.07, 6.45) is 1.42. The lowest BCUT2D eigenvalue weighted by molar-refractivity contribution is 0.0702. The van der Waals surface area contributed by atoms with E-state index in [4.69, 9.17) is 11.6 Å². The van der Waals surface area contributed by atoms with Crippen molar-refractivity contribution in [3.63, 3.8) is 0 Å². The summed E-state index contributed by atoms with van der Waals surface area (Å²) in [6, 6.07) is 8.50. The average molecular weight is 445 g/mol. The molecule has 0 aliphatic carbocycles. The summed E-state index contributed by atoms with van der Waals surface area (Å²) in [5.41, 5.74) is 3.42. The van der Waals surface area contributed by atoms with Crippen LogP contribution in [0.15, 0.2) is 36.7 Å². The van der Waals surface area contributed by atoms with Crippen molar-refractivity contribution in [2.75, 3.05) is 11.9 Å². The summed E-state index contributed by atoms with van der Waals surface area (Å²) in [6.45, 7) is 5.11. The van der Waals surface area contributed by atoms with E-state index in [1.165, 1.54) is 6.33 Å². The van der Waals surface area contributed by atoms with Crippen molar-refractivity contribution < 1.29 is 14.3 Å². The first kappa shape index (κ1) is 20.3. The Hall–Kier alpha value is -2.97. The molecule has 0 aliphatic rings. The minimum Gasteiger partial charge on any atom is -0.477 e. The molecule has 6 nitrogen and oxygen atoms in total. The molecule has 4 aromatic rings. The number of aromatic carboxylic acids is 1. The molecule has 1 aromatic carbocycles. The van der Waals surface area contributed by atoms with Crippen LogP contribution < -0.4 is 5.32 Å². The van der Waals surface area contributed by atoms with Crippen molar-refractivity contribution in [1.29, 1.82) is 0 Å². The lowest BCUT2D eigenvalue weighted by atomic mass is 10.1. The highest BCUT2D eigenvalue weighted by Gasteiger charge is 2.16. The minimum absolute atomic E-state index is 0.0808. The molecule has 3 aromatic heterocycles. The summed E-state index contributed by atoms with van der Waals surface area (Å²) in [5, 5.41) is 13.7. The molecule has 3 heterocycles. The van der Waals surface area contributed by atoms with E-state index in [0.29, 0.717) is 29.5 Å². The summed E-state index contributed by atoms with van der Waals surface area (Å²) < 4.78 is 15.9. The average Bonchev–Trinajstić information content (AvgIpc) is 3.23. The fourth-order valence-electron chi connectivity index (χ4n) is 3.45. The molecule has 0 saturated heterocycles. The lowest BCUT2D eigenvalue weighted by Gasteiger charge is -2.11. The highest BCUT2D eigenvalue weighted by molar-refractivity contribution is 7.17. The van der Waals surface area contributed by atoms with Crippen molar-refractivity contribution in [1.82, 2.24) is 14.5 Å². The SMILES string of the molecule is Cc1cc(F)cc2c1cc(C)n2CCNc1cc(-c2cc(Cl)c(C(=O)O)s2)ncn1. The number of aromatic nitrogens is 3. The number of benzene rings is 1. The monoisotopic (exact) mass is 444 g/mol. The van der Waals surface area contributed by atoms with Gasteiger partial charge in [-0.25, -0.2) is 19.2 Å². The first-order valence-electron chi connectivity index (χ1n) is 9.18. The molecule has 0 radical (unpaired) electrons. The quantitative estimate of drug-likeness (QED) is 0.417.